The lowest BCUT2D eigenvalue weighted by molar-refractivity contribution is -0.144. The first kappa shape index (κ1) is 14.0. The van der Waals surface area contributed by atoms with Gasteiger partial charge in [-0.1, -0.05) is 13.0 Å². The Kier molecular flexibility index (Phi) is 5.17. The second-order valence-electron chi connectivity index (χ2n) is 3.93. The van der Waals surface area contributed by atoms with E-state index in [1.807, 2.05) is 6.92 Å². The van der Waals surface area contributed by atoms with Crippen molar-refractivity contribution >= 4 is 17.6 Å². The van der Waals surface area contributed by atoms with Crippen LogP contribution in [-0.4, -0.2) is 23.6 Å². The van der Waals surface area contributed by atoms with Crippen molar-refractivity contribution in [2.75, 3.05) is 11.9 Å². The number of amides is 1. The number of carboxylic acid groups (broad SMARTS) is 1. The molecule has 0 heterocycles. The molecule has 0 radical (unpaired) electrons. The van der Waals surface area contributed by atoms with Crippen molar-refractivity contribution in [2.45, 2.75) is 20.3 Å². The first-order chi connectivity index (χ1) is 8.54. The van der Waals surface area contributed by atoms with Gasteiger partial charge in [0.25, 0.3) is 0 Å². The molecule has 1 atom stereocenters. The number of carbonyl (C=O) groups is 2. The van der Waals surface area contributed by atoms with Crippen LogP contribution in [0.15, 0.2) is 24.3 Å². The molecule has 0 saturated carbocycles. The summed E-state index contributed by atoms with van der Waals surface area (Å²) in [7, 11) is 0. The number of hydrogen-bond acceptors (Lipinski definition) is 3. The van der Waals surface area contributed by atoms with Crippen LogP contribution in [0.4, 0.5) is 5.69 Å². The molecule has 1 rings (SSSR count). The van der Waals surface area contributed by atoms with Gasteiger partial charge in [0.15, 0.2) is 0 Å². The third kappa shape index (κ3) is 4.08. The van der Waals surface area contributed by atoms with Gasteiger partial charge < -0.3 is 15.2 Å². The molecule has 98 valence electrons. The van der Waals surface area contributed by atoms with E-state index in [0.717, 1.165) is 6.42 Å². The quantitative estimate of drug-likeness (QED) is 0.759. The Morgan fingerprint density at radius 3 is 2.78 bits per heavy atom. The van der Waals surface area contributed by atoms with E-state index < -0.39 is 17.8 Å². The van der Waals surface area contributed by atoms with Gasteiger partial charge in [0.2, 0.25) is 5.91 Å². The minimum atomic E-state index is -1.15. The van der Waals surface area contributed by atoms with Crippen LogP contribution >= 0.6 is 0 Å². The zero-order valence-corrected chi connectivity index (χ0v) is 10.5. The van der Waals surface area contributed by atoms with Crippen LogP contribution in [0, 0.1) is 5.92 Å². The van der Waals surface area contributed by atoms with Gasteiger partial charge in [-0.3, -0.25) is 9.59 Å². The van der Waals surface area contributed by atoms with Gasteiger partial charge in [-0.25, -0.2) is 0 Å². The molecule has 0 aliphatic carbocycles. The minimum Gasteiger partial charge on any atom is -0.494 e. The van der Waals surface area contributed by atoms with E-state index in [0.29, 0.717) is 18.0 Å². The average Bonchev–Trinajstić information content (AvgIpc) is 2.35. The lowest BCUT2D eigenvalue weighted by Crippen LogP contribution is -2.26. The Morgan fingerprint density at radius 1 is 1.44 bits per heavy atom. The SMILES string of the molecule is CCCOc1cccc(NC(=O)C(C)C(=O)O)c1. The van der Waals surface area contributed by atoms with Crippen molar-refractivity contribution in [3.8, 4) is 5.75 Å². The highest BCUT2D eigenvalue weighted by Gasteiger charge is 2.20. The summed E-state index contributed by atoms with van der Waals surface area (Å²) in [6, 6.07) is 6.88. The van der Waals surface area contributed by atoms with E-state index in [2.05, 4.69) is 5.32 Å². The molecule has 0 aromatic heterocycles. The number of carboxylic acids is 1. The number of aliphatic carboxylic acids is 1. The molecule has 1 amide bonds. The summed E-state index contributed by atoms with van der Waals surface area (Å²) in [5, 5.41) is 11.3. The fraction of sp³-hybridized carbons (Fsp3) is 0.385. The maximum absolute atomic E-state index is 11.5. The highest BCUT2D eigenvalue weighted by atomic mass is 16.5. The van der Waals surface area contributed by atoms with Gasteiger partial charge in [0, 0.05) is 11.8 Å². The summed E-state index contributed by atoms with van der Waals surface area (Å²) in [5.74, 6) is -2.12. The van der Waals surface area contributed by atoms with Crippen molar-refractivity contribution in [1.29, 1.82) is 0 Å². The van der Waals surface area contributed by atoms with Crippen LogP contribution in [0.1, 0.15) is 20.3 Å². The molecule has 1 aromatic carbocycles. The van der Waals surface area contributed by atoms with E-state index >= 15 is 0 Å². The van der Waals surface area contributed by atoms with Crippen LogP contribution in [-0.2, 0) is 9.59 Å². The molecule has 2 N–H and O–H groups in total. The zero-order chi connectivity index (χ0) is 13.5. The minimum absolute atomic E-state index is 0.529. The molecule has 18 heavy (non-hydrogen) atoms. The molecule has 5 nitrogen and oxygen atoms in total. The zero-order valence-electron chi connectivity index (χ0n) is 10.5. The summed E-state index contributed by atoms with van der Waals surface area (Å²) in [4.78, 5) is 22.2. The van der Waals surface area contributed by atoms with Gasteiger partial charge >= 0.3 is 5.97 Å². The largest absolute Gasteiger partial charge is 0.494 e. The number of rotatable bonds is 6. The number of carbonyl (C=O) groups excluding carboxylic acids is 1. The summed E-state index contributed by atoms with van der Waals surface area (Å²) >= 11 is 0. The Bertz CT molecular complexity index is 431. The molecule has 1 aromatic rings. The number of benzene rings is 1. The van der Waals surface area contributed by atoms with Gasteiger partial charge in [0.1, 0.15) is 11.7 Å². The Balaban J connectivity index is 2.67. The standard InChI is InChI=1S/C13H17NO4/c1-3-7-18-11-6-4-5-10(8-11)14-12(15)9(2)13(16)17/h4-6,8-9H,3,7H2,1-2H3,(H,14,15)(H,16,17). The number of hydrogen-bond donors (Lipinski definition) is 2. The topological polar surface area (TPSA) is 75.6 Å². The van der Waals surface area contributed by atoms with Crippen LogP contribution in [0.2, 0.25) is 0 Å². The predicted molar refractivity (Wildman–Crippen MR) is 67.7 cm³/mol. The summed E-state index contributed by atoms with van der Waals surface area (Å²) < 4.78 is 5.42. The molecule has 0 aliphatic heterocycles. The van der Waals surface area contributed by atoms with Crippen molar-refractivity contribution in [3.05, 3.63) is 24.3 Å². The van der Waals surface area contributed by atoms with Crippen LogP contribution in [0.3, 0.4) is 0 Å². The van der Waals surface area contributed by atoms with E-state index in [-0.39, 0.29) is 0 Å². The fourth-order valence-corrected chi connectivity index (χ4v) is 1.25. The van der Waals surface area contributed by atoms with Crippen molar-refractivity contribution in [1.82, 2.24) is 0 Å². The van der Waals surface area contributed by atoms with Crippen LogP contribution in [0.5, 0.6) is 5.75 Å². The summed E-state index contributed by atoms with van der Waals surface area (Å²) in [5.41, 5.74) is 0.529. The number of nitrogens with one attached hydrogen (secondary N) is 1. The smallest absolute Gasteiger partial charge is 0.315 e. The normalized spacial score (nSPS) is 11.7. The van der Waals surface area contributed by atoms with E-state index in [1.165, 1.54) is 6.92 Å². The Labute approximate surface area is 106 Å². The summed E-state index contributed by atoms with van der Waals surface area (Å²) in [6.45, 7) is 3.94. The highest BCUT2D eigenvalue weighted by Crippen LogP contribution is 2.18. The average molecular weight is 251 g/mol. The third-order valence-corrected chi connectivity index (χ3v) is 2.34. The first-order valence-corrected chi connectivity index (χ1v) is 5.81. The molecule has 0 saturated heterocycles. The van der Waals surface area contributed by atoms with Crippen LogP contribution in [0.25, 0.3) is 0 Å². The molecule has 0 bridgehead atoms. The predicted octanol–water partition coefficient (Wildman–Crippen LogP) is 2.13. The fourth-order valence-electron chi connectivity index (χ4n) is 1.25. The highest BCUT2D eigenvalue weighted by molar-refractivity contribution is 6.03. The third-order valence-electron chi connectivity index (χ3n) is 2.34. The number of anilines is 1. The molecule has 0 fully saturated rings. The molecule has 1 unspecified atom stereocenters. The maximum Gasteiger partial charge on any atom is 0.315 e. The van der Waals surface area contributed by atoms with Gasteiger partial charge in [0.05, 0.1) is 6.61 Å². The van der Waals surface area contributed by atoms with Gasteiger partial charge in [-0.05, 0) is 25.5 Å². The van der Waals surface area contributed by atoms with E-state index in [4.69, 9.17) is 9.84 Å². The van der Waals surface area contributed by atoms with E-state index in [9.17, 15) is 9.59 Å². The molecule has 0 spiro atoms. The Hall–Kier alpha value is -2.04. The molecular formula is C13H17NO4. The van der Waals surface area contributed by atoms with E-state index in [1.54, 1.807) is 24.3 Å². The van der Waals surface area contributed by atoms with Crippen molar-refractivity contribution in [3.63, 3.8) is 0 Å². The van der Waals surface area contributed by atoms with Crippen molar-refractivity contribution < 1.29 is 19.4 Å². The first-order valence-electron chi connectivity index (χ1n) is 5.81. The monoisotopic (exact) mass is 251 g/mol. The Morgan fingerprint density at radius 2 is 2.17 bits per heavy atom. The summed E-state index contributed by atoms with van der Waals surface area (Å²) in [6.07, 6.45) is 0.895. The maximum atomic E-state index is 11.5. The molecule has 0 aliphatic rings. The second kappa shape index (κ2) is 6.64. The second-order valence-corrected chi connectivity index (χ2v) is 3.93. The molecule has 5 heteroatoms. The lowest BCUT2D eigenvalue weighted by atomic mass is 10.1. The molecular weight excluding hydrogens is 234 g/mol. The van der Waals surface area contributed by atoms with Gasteiger partial charge in [-0.2, -0.15) is 0 Å². The lowest BCUT2D eigenvalue weighted by Gasteiger charge is -2.10. The van der Waals surface area contributed by atoms with Gasteiger partial charge in [-0.15, -0.1) is 0 Å². The number of ether oxygens (including phenoxy) is 1. The van der Waals surface area contributed by atoms with Crippen LogP contribution < -0.4 is 10.1 Å². The van der Waals surface area contributed by atoms with Crippen molar-refractivity contribution in [2.24, 2.45) is 5.92 Å².